The second kappa shape index (κ2) is 7.38. The Morgan fingerprint density at radius 1 is 1.29 bits per heavy atom. The molecule has 6 nitrogen and oxygen atoms in total. The van der Waals surface area contributed by atoms with Crippen molar-refractivity contribution in [2.75, 3.05) is 32.8 Å². The number of likely N-dealkylation sites (tertiary alicyclic amines) is 1. The lowest BCUT2D eigenvalue weighted by molar-refractivity contribution is -0.148. The maximum absolute atomic E-state index is 13.1. The van der Waals surface area contributed by atoms with Gasteiger partial charge in [-0.05, 0) is 31.9 Å². The average Bonchev–Trinajstić information content (AvgIpc) is 3.06. The summed E-state index contributed by atoms with van der Waals surface area (Å²) in [6.07, 6.45) is 2.22. The van der Waals surface area contributed by atoms with E-state index in [2.05, 4.69) is 0 Å². The fraction of sp³-hybridized carbons (Fsp3) is 0.667. The van der Waals surface area contributed by atoms with Gasteiger partial charge in [0.1, 0.15) is 17.6 Å². The van der Waals surface area contributed by atoms with E-state index < -0.39 is 0 Å². The predicted octanol–water partition coefficient (Wildman–Crippen LogP) is 2.14. The zero-order valence-corrected chi connectivity index (χ0v) is 14.5. The Morgan fingerprint density at radius 2 is 2.12 bits per heavy atom. The molecule has 0 aliphatic carbocycles. The van der Waals surface area contributed by atoms with Gasteiger partial charge in [-0.15, -0.1) is 0 Å². The topological polar surface area (TPSA) is 63.0 Å². The molecule has 0 bridgehead atoms. The first-order chi connectivity index (χ1) is 11.6. The van der Waals surface area contributed by atoms with Crippen molar-refractivity contribution in [3.63, 3.8) is 0 Å². The maximum atomic E-state index is 13.1. The molecular weight excluding hydrogens is 308 g/mol. The summed E-state index contributed by atoms with van der Waals surface area (Å²) in [5, 5.41) is 0. The van der Waals surface area contributed by atoms with Gasteiger partial charge >= 0.3 is 0 Å². The Balaban J connectivity index is 1.73. The predicted molar refractivity (Wildman–Crippen MR) is 88.3 cm³/mol. The zero-order chi connectivity index (χ0) is 17.1. The second-order valence-corrected chi connectivity index (χ2v) is 6.60. The van der Waals surface area contributed by atoms with Crippen molar-refractivity contribution in [1.29, 1.82) is 0 Å². The molecule has 2 aliphatic heterocycles. The van der Waals surface area contributed by atoms with E-state index in [-0.39, 0.29) is 23.8 Å². The first-order valence-corrected chi connectivity index (χ1v) is 8.82. The number of aryl methyl sites for hydroxylation is 1. The summed E-state index contributed by atoms with van der Waals surface area (Å²) >= 11 is 0. The lowest BCUT2D eigenvalue weighted by atomic mass is 9.95. The number of morpholine rings is 1. The van der Waals surface area contributed by atoms with Crippen molar-refractivity contribution in [2.45, 2.75) is 39.2 Å². The molecule has 0 unspecified atom stereocenters. The lowest BCUT2D eigenvalue weighted by Crippen LogP contribution is -2.50. The van der Waals surface area contributed by atoms with E-state index in [0.717, 1.165) is 30.9 Å². The number of hydrogen-bond acceptors (Lipinski definition) is 4. The summed E-state index contributed by atoms with van der Waals surface area (Å²) in [4.78, 5) is 28.8. The highest BCUT2D eigenvalue weighted by Gasteiger charge is 2.36. The number of rotatable bonds is 3. The van der Waals surface area contributed by atoms with Crippen LogP contribution in [0.2, 0.25) is 0 Å². The Bertz CT molecular complexity index is 598. The van der Waals surface area contributed by atoms with Crippen LogP contribution in [0, 0.1) is 12.8 Å². The third kappa shape index (κ3) is 3.48. The molecule has 3 heterocycles. The van der Waals surface area contributed by atoms with E-state index in [4.69, 9.17) is 9.15 Å². The number of hydrogen-bond donors (Lipinski definition) is 0. The Labute approximate surface area is 142 Å². The minimum Gasteiger partial charge on any atom is -0.464 e. The van der Waals surface area contributed by atoms with Crippen LogP contribution in [0.3, 0.4) is 0 Å². The fourth-order valence-electron chi connectivity index (χ4n) is 3.60. The van der Waals surface area contributed by atoms with Gasteiger partial charge < -0.3 is 19.0 Å². The third-order valence-corrected chi connectivity index (χ3v) is 4.93. The van der Waals surface area contributed by atoms with Crippen LogP contribution in [-0.4, -0.2) is 54.5 Å². The molecule has 0 radical (unpaired) electrons. The van der Waals surface area contributed by atoms with Crippen molar-refractivity contribution in [3.05, 3.63) is 23.7 Å². The quantitative estimate of drug-likeness (QED) is 0.849. The molecule has 24 heavy (non-hydrogen) atoms. The van der Waals surface area contributed by atoms with Crippen molar-refractivity contribution in [2.24, 2.45) is 5.92 Å². The number of carbonyl (C=O) groups is 2. The molecule has 6 heteroatoms. The molecule has 1 aromatic heterocycles. The molecular formula is C18H26N2O4. The maximum Gasteiger partial charge on any atom is 0.228 e. The summed E-state index contributed by atoms with van der Waals surface area (Å²) in [6.45, 7) is 6.64. The summed E-state index contributed by atoms with van der Waals surface area (Å²) in [5.74, 6) is 1.74. The van der Waals surface area contributed by atoms with Crippen LogP contribution in [0.4, 0.5) is 0 Å². The van der Waals surface area contributed by atoms with E-state index in [0.29, 0.717) is 32.7 Å². The van der Waals surface area contributed by atoms with Crippen LogP contribution in [0.25, 0.3) is 0 Å². The van der Waals surface area contributed by atoms with E-state index in [9.17, 15) is 9.59 Å². The highest BCUT2D eigenvalue weighted by Crippen LogP contribution is 2.29. The minimum absolute atomic E-state index is 0.117. The third-order valence-electron chi connectivity index (χ3n) is 4.93. The van der Waals surface area contributed by atoms with Crippen LogP contribution < -0.4 is 0 Å². The van der Waals surface area contributed by atoms with Crippen LogP contribution in [-0.2, 0) is 14.3 Å². The molecule has 0 spiro atoms. The fourth-order valence-corrected chi connectivity index (χ4v) is 3.60. The van der Waals surface area contributed by atoms with Gasteiger partial charge in [-0.25, -0.2) is 0 Å². The zero-order valence-electron chi connectivity index (χ0n) is 14.5. The summed E-state index contributed by atoms with van der Waals surface area (Å²) in [7, 11) is 0. The molecule has 2 fully saturated rings. The molecule has 0 saturated carbocycles. The molecule has 3 rings (SSSR count). The van der Waals surface area contributed by atoms with Crippen LogP contribution >= 0.6 is 0 Å². The van der Waals surface area contributed by atoms with Crippen molar-refractivity contribution >= 4 is 11.8 Å². The van der Waals surface area contributed by atoms with E-state index >= 15 is 0 Å². The first kappa shape index (κ1) is 17.0. The average molecular weight is 334 g/mol. The monoisotopic (exact) mass is 334 g/mol. The number of amides is 2. The number of furan rings is 1. The Morgan fingerprint density at radius 3 is 2.83 bits per heavy atom. The second-order valence-electron chi connectivity index (χ2n) is 6.60. The van der Waals surface area contributed by atoms with Crippen LogP contribution in [0.5, 0.6) is 0 Å². The number of nitrogens with zero attached hydrogens (tertiary/aromatic N) is 2. The largest absolute Gasteiger partial charge is 0.464 e. The molecule has 0 aromatic carbocycles. The molecule has 1 aromatic rings. The van der Waals surface area contributed by atoms with Gasteiger partial charge in [0.25, 0.3) is 0 Å². The van der Waals surface area contributed by atoms with Gasteiger partial charge in [-0.1, -0.05) is 6.92 Å². The molecule has 2 saturated heterocycles. The Kier molecular flexibility index (Phi) is 5.23. The Hall–Kier alpha value is -1.82. The molecule has 2 aliphatic rings. The normalized spacial score (nSPS) is 24.9. The van der Waals surface area contributed by atoms with Gasteiger partial charge in [-0.2, -0.15) is 0 Å². The van der Waals surface area contributed by atoms with Gasteiger partial charge in [0, 0.05) is 26.1 Å². The van der Waals surface area contributed by atoms with E-state index in [1.54, 1.807) is 0 Å². The van der Waals surface area contributed by atoms with E-state index in [1.807, 2.05) is 35.8 Å². The van der Waals surface area contributed by atoms with Crippen LogP contribution in [0.1, 0.15) is 43.7 Å². The molecule has 2 amide bonds. The van der Waals surface area contributed by atoms with Crippen molar-refractivity contribution in [3.8, 4) is 0 Å². The smallest absolute Gasteiger partial charge is 0.228 e. The highest BCUT2D eigenvalue weighted by molar-refractivity contribution is 5.81. The highest BCUT2D eigenvalue weighted by atomic mass is 16.5. The van der Waals surface area contributed by atoms with Crippen molar-refractivity contribution in [1.82, 2.24) is 9.80 Å². The standard InChI is InChI=1S/C18H26N2O4/c1-3-17(21)19-8-4-5-14(11-19)18(22)20-9-10-23-12-15(20)16-7-6-13(2)24-16/h6-7,14-15H,3-5,8-12H2,1-2H3/t14-,15-/m0/s1. The summed E-state index contributed by atoms with van der Waals surface area (Å²) < 4.78 is 11.3. The van der Waals surface area contributed by atoms with Crippen molar-refractivity contribution < 1.29 is 18.7 Å². The van der Waals surface area contributed by atoms with Gasteiger partial charge in [-0.3, -0.25) is 9.59 Å². The molecule has 2 atom stereocenters. The van der Waals surface area contributed by atoms with Crippen LogP contribution in [0.15, 0.2) is 16.5 Å². The van der Waals surface area contributed by atoms with E-state index in [1.165, 1.54) is 0 Å². The number of ether oxygens (including phenoxy) is 1. The van der Waals surface area contributed by atoms with Gasteiger partial charge in [0.2, 0.25) is 11.8 Å². The summed E-state index contributed by atoms with van der Waals surface area (Å²) in [6, 6.07) is 3.66. The molecule has 0 N–H and O–H groups in total. The lowest BCUT2D eigenvalue weighted by Gasteiger charge is -2.39. The first-order valence-electron chi connectivity index (χ1n) is 8.82. The van der Waals surface area contributed by atoms with Gasteiger partial charge in [0.05, 0.1) is 19.1 Å². The number of piperidine rings is 1. The van der Waals surface area contributed by atoms with Gasteiger partial charge in [0.15, 0.2) is 0 Å². The minimum atomic E-state index is -0.169. The molecule has 132 valence electrons. The SMILES string of the molecule is CCC(=O)N1CCC[C@H](C(=O)N2CCOC[C@H]2c2ccc(C)o2)C1. The number of carbonyl (C=O) groups excluding carboxylic acids is 2. The summed E-state index contributed by atoms with van der Waals surface area (Å²) in [5.41, 5.74) is 0.